The zero-order valence-electron chi connectivity index (χ0n) is 20.8. The van der Waals surface area contributed by atoms with E-state index in [2.05, 4.69) is 28.9 Å². The summed E-state index contributed by atoms with van der Waals surface area (Å²) < 4.78 is 24.2. The van der Waals surface area contributed by atoms with Gasteiger partial charge in [0, 0.05) is 26.2 Å². The van der Waals surface area contributed by atoms with Gasteiger partial charge in [-0.05, 0) is 55.5 Å². The molecule has 0 radical (unpaired) electrons. The molecule has 0 spiro atoms. The quantitative estimate of drug-likeness (QED) is 0.401. The molecule has 1 fully saturated rings. The van der Waals surface area contributed by atoms with Crippen LogP contribution in [-0.4, -0.2) is 46.4 Å². The summed E-state index contributed by atoms with van der Waals surface area (Å²) in [5.41, 5.74) is 3.53. The number of hydrogen-bond acceptors (Lipinski definition) is 6. The minimum absolute atomic E-state index is 0.229. The third kappa shape index (κ3) is 6.57. The molecule has 190 valence electrons. The molecule has 4 rings (SSSR count). The molecule has 0 N–H and O–H groups in total. The Hall–Kier alpha value is -3.52. The summed E-state index contributed by atoms with van der Waals surface area (Å²) in [6.07, 6.45) is 2.83. The predicted molar refractivity (Wildman–Crippen MR) is 132 cm³/mol. The van der Waals surface area contributed by atoms with Crippen molar-refractivity contribution in [3.05, 3.63) is 88.9 Å². The molecule has 0 aliphatic carbocycles. The van der Waals surface area contributed by atoms with Crippen LogP contribution >= 0.6 is 0 Å². The van der Waals surface area contributed by atoms with Crippen LogP contribution in [0, 0.1) is 18.7 Å². The highest BCUT2D eigenvalue weighted by Crippen LogP contribution is 2.21. The van der Waals surface area contributed by atoms with Crippen molar-refractivity contribution in [2.24, 2.45) is 5.92 Å². The molecule has 3 aromatic rings. The number of carbonyl (C=O) groups excluding carboxylic acids is 2. The van der Waals surface area contributed by atoms with Gasteiger partial charge < -0.3 is 14.1 Å². The van der Waals surface area contributed by atoms with Gasteiger partial charge in [-0.25, -0.2) is 9.37 Å². The lowest BCUT2D eigenvalue weighted by Crippen LogP contribution is -2.43. The smallest absolute Gasteiger partial charge is 0.310 e. The molecule has 0 unspecified atom stereocenters. The van der Waals surface area contributed by atoms with Crippen molar-refractivity contribution in [3.8, 4) is 0 Å². The van der Waals surface area contributed by atoms with E-state index < -0.39 is 0 Å². The maximum Gasteiger partial charge on any atom is 0.310 e. The van der Waals surface area contributed by atoms with E-state index in [1.807, 2.05) is 12.1 Å². The predicted octanol–water partition coefficient (Wildman–Crippen LogP) is 4.74. The van der Waals surface area contributed by atoms with E-state index >= 15 is 0 Å². The highest BCUT2D eigenvalue weighted by Gasteiger charge is 2.31. The molecule has 36 heavy (non-hydrogen) atoms. The number of nitrogens with zero attached hydrogens (tertiary/aromatic N) is 3. The van der Waals surface area contributed by atoms with Gasteiger partial charge in [-0.15, -0.1) is 0 Å². The summed E-state index contributed by atoms with van der Waals surface area (Å²) in [5, 5.41) is 0. The van der Waals surface area contributed by atoms with E-state index in [1.54, 1.807) is 24.0 Å². The van der Waals surface area contributed by atoms with Crippen molar-refractivity contribution in [1.82, 2.24) is 14.8 Å². The van der Waals surface area contributed by atoms with Crippen LogP contribution in [0.2, 0.25) is 0 Å². The maximum atomic E-state index is 13.4. The Bertz CT molecular complexity index is 1180. The van der Waals surface area contributed by atoms with Gasteiger partial charge in [-0.1, -0.05) is 36.4 Å². The first-order valence-corrected chi connectivity index (χ1v) is 12.3. The number of esters is 1. The largest absolute Gasteiger partial charge is 0.466 e. The van der Waals surface area contributed by atoms with Gasteiger partial charge in [0.15, 0.2) is 5.69 Å². The lowest BCUT2D eigenvalue weighted by atomic mass is 9.98. The molecule has 8 heteroatoms. The topological polar surface area (TPSA) is 75.9 Å². The van der Waals surface area contributed by atoms with Crippen molar-refractivity contribution in [2.45, 2.75) is 46.3 Å². The van der Waals surface area contributed by atoms with Crippen molar-refractivity contribution >= 4 is 11.9 Å². The van der Waals surface area contributed by atoms with Crippen LogP contribution in [0.4, 0.5) is 4.39 Å². The third-order valence-corrected chi connectivity index (χ3v) is 6.43. The number of rotatable bonds is 9. The molecular weight excluding hydrogens is 461 g/mol. The molecule has 1 aliphatic heterocycles. The van der Waals surface area contributed by atoms with Crippen molar-refractivity contribution in [2.75, 3.05) is 19.7 Å². The van der Waals surface area contributed by atoms with E-state index in [-0.39, 0.29) is 29.3 Å². The minimum atomic E-state index is -0.311. The van der Waals surface area contributed by atoms with E-state index in [0.717, 1.165) is 12.0 Å². The summed E-state index contributed by atoms with van der Waals surface area (Å²) in [6.45, 7) is 6.65. The second-order valence-corrected chi connectivity index (χ2v) is 9.17. The monoisotopic (exact) mass is 493 g/mol. The Labute approximate surface area is 210 Å². The molecule has 1 aromatic heterocycles. The van der Waals surface area contributed by atoms with Gasteiger partial charge in [0.2, 0.25) is 5.89 Å². The molecular formula is C28H32FN3O4. The lowest BCUT2D eigenvalue weighted by Gasteiger charge is -2.30. The molecule has 0 saturated carbocycles. The number of carbonyl (C=O) groups is 2. The van der Waals surface area contributed by atoms with Gasteiger partial charge >= 0.3 is 5.97 Å². The average Bonchev–Trinajstić information content (AvgIpc) is 3.35. The molecule has 1 aliphatic rings. The number of halogens is 1. The van der Waals surface area contributed by atoms with E-state index in [4.69, 9.17) is 9.15 Å². The number of ether oxygens (including phenoxy) is 1. The Morgan fingerprint density at radius 2 is 1.92 bits per heavy atom. The summed E-state index contributed by atoms with van der Waals surface area (Å²) in [7, 11) is 0. The standard InChI is InChI=1S/C28H32FN3O4/c1-3-35-28(34)23-9-6-14-32(17-23)27(33)25-19-36-26(30-25)18-31(15-21-10-12-24(29)13-11-21)16-22-8-5-4-7-20(22)2/h4-5,7-8,10-13,19,23H,3,6,9,14-18H2,1-2H3/t23-/m0/s1. The van der Waals surface area contributed by atoms with Crippen molar-refractivity contribution in [1.29, 1.82) is 0 Å². The van der Waals surface area contributed by atoms with Crippen LogP contribution < -0.4 is 0 Å². The van der Waals surface area contributed by atoms with E-state index in [0.29, 0.717) is 51.6 Å². The van der Waals surface area contributed by atoms with Gasteiger partial charge in [0.05, 0.1) is 19.1 Å². The molecule has 0 bridgehead atoms. The number of aryl methyl sites for hydroxylation is 1. The second kappa shape index (κ2) is 11.9. The number of piperidine rings is 1. The zero-order chi connectivity index (χ0) is 25.5. The van der Waals surface area contributed by atoms with Crippen molar-refractivity contribution < 1.29 is 23.1 Å². The third-order valence-electron chi connectivity index (χ3n) is 6.43. The Morgan fingerprint density at radius 1 is 1.14 bits per heavy atom. The van der Waals surface area contributed by atoms with Gasteiger partial charge in [-0.2, -0.15) is 0 Å². The van der Waals surface area contributed by atoms with Gasteiger partial charge in [0.25, 0.3) is 5.91 Å². The Kier molecular flexibility index (Phi) is 8.48. The first-order chi connectivity index (χ1) is 17.4. The van der Waals surface area contributed by atoms with Crippen molar-refractivity contribution in [3.63, 3.8) is 0 Å². The fourth-order valence-corrected chi connectivity index (χ4v) is 4.49. The lowest BCUT2D eigenvalue weighted by molar-refractivity contribution is -0.149. The second-order valence-electron chi connectivity index (χ2n) is 9.17. The SMILES string of the molecule is CCOC(=O)[C@H]1CCCN(C(=O)c2coc(CN(Cc3ccc(F)cc3)Cc3ccccc3C)n2)C1. The number of hydrogen-bond donors (Lipinski definition) is 0. The molecule has 1 atom stereocenters. The van der Waals surface area contributed by atoms with Crippen LogP contribution in [0.15, 0.2) is 59.2 Å². The first-order valence-electron chi connectivity index (χ1n) is 12.3. The average molecular weight is 494 g/mol. The van der Waals surface area contributed by atoms with E-state index in [9.17, 15) is 14.0 Å². The summed E-state index contributed by atoms with van der Waals surface area (Å²) in [4.78, 5) is 33.5. The number of oxazole rings is 1. The Morgan fingerprint density at radius 3 is 2.67 bits per heavy atom. The first kappa shape index (κ1) is 25.6. The summed E-state index contributed by atoms with van der Waals surface area (Å²) >= 11 is 0. The van der Waals surface area contributed by atoms with Crippen LogP contribution in [0.25, 0.3) is 0 Å². The van der Waals surface area contributed by atoms with Gasteiger partial charge in [-0.3, -0.25) is 14.5 Å². The zero-order valence-corrected chi connectivity index (χ0v) is 20.8. The maximum absolute atomic E-state index is 13.4. The molecule has 1 amide bonds. The summed E-state index contributed by atoms with van der Waals surface area (Å²) in [5.74, 6) is -0.670. The van der Waals surface area contributed by atoms with Gasteiger partial charge in [0.1, 0.15) is 12.1 Å². The van der Waals surface area contributed by atoms with Crippen LogP contribution in [0.3, 0.4) is 0 Å². The fourth-order valence-electron chi connectivity index (χ4n) is 4.49. The Balaban J connectivity index is 1.46. The van der Waals surface area contributed by atoms with Crippen LogP contribution in [0.1, 0.15) is 52.8 Å². The highest BCUT2D eigenvalue weighted by atomic mass is 19.1. The number of aromatic nitrogens is 1. The molecule has 7 nitrogen and oxygen atoms in total. The highest BCUT2D eigenvalue weighted by molar-refractivity contribution is 5.92. The fraction of sp³-hybridized carbons (Fsp3) is 0.393. The summed E-state index contributed by atoms with van der Waals surface area (Å²) in [6, 6.07) is 14.6. The van der Waals surface area contributed by atoms with E-state index in [1.165, 1.54) is 29.5 Å². The minimum Gasteiger partial charge on any atom is -0.466 e. The number of amides is 1. The number of likely N-dealkylation sites (tertiary alicyclic amines) is 1. The van der Waals surface area contributed by atoms with Crippen LogP contribution in [0.5, 0.6) is 0 Å². The number of benzene rings is 2. The molecule has 2 aromatic carbocycles. The normalized spacial score (nSPS) is 15.8. The van der Waals surface area contributed by atoms with Crippen LogP contribution in [-0.2, 0) is 29.2 Å². The molecule has 1 saturated heterocycles. The molecule has 2 heterocycles.